The average Bonchev–Trinajstić information content (AvgIpc) is 1.63. The van der Waals surface area contributed by atoms with E-state index in [-0.39, 0.29) is 10.6 Å². The molecule has 1 unspecified atom stereocenters. The highest BCUT2D eigenvalue weighted by molar-refractivity contribution is 9.10. The molecule has 0 amide bonds. The van der Waals surface area contributed by atoms with E-state index in [2.05, 4.69) is 29.8 Å². The molecule has 0 bridgehead atoms. The molecule has 0 saturated heterocycles. The van der Waals surface area contributed by atoms with Crippen molar-refractivity contribution >= 4 is 21.7 Å². The SMILES string of the molecule is CC(=O)C(Br)CC(C)C. The first-order valence-corrected chi connectivity index (χ1v) is 4.10. The minimum absolute atomic E-state index is 0.0671. The second-order valence-corrected chi connectivity index (χ2v) is 3.81. The van der Waals surface area contributed by atoms with Crippen molar-refractivity contribution in [3.05, 3.63) is 0 Å². The molecule has 0 aromatic carbocycles. The van der Waals surface area contributed by atoms with Gasteiger partial charge in [0.25, 0.3) is 0 Å². The molecule has 0 rings (SSSR count). The summed E-state index contributed by atoms with van der Waals surface area (Å²) < 4.78 is 0. The van der Waals surface area contributed by atoms with E-state index in [1.807, 2.05) is 0 Å². The van der Waals surface area contributed by atoms with Crippen molar-refractivity contribution in [1.29, 1.82) is 0 Å². The number of hydrogen-bond acceptors (Lipinski definition) is 1. The van der Waals surface area contributed by atoms with E-state index in [0.717, 1.165) is 6.42 Å². The second-order valence-electron chi connectivity index (χ2n) is 2.71. The lowest BCUT2D eigenvalue weighted by Crippen LogP contribution is -2.11. The number of carbonyl (C=O) groups is 1. The van der Waals surface area contributed by atoms with Crippen molar-refractivity contribution in [3.8, 4) is 0 Å². The van der Waals surface area contributed by atoms with E-state index < -0.39 is 0 Å². The molecule has 0 aliphatic rings. The van der Waals surface area contributed by atoms with Crippen LogP contribution in [0.15, 0.2) is 0 Å². The Bertz CT molecular complexity index is 99.1. The second kappa shape index (κ2) is 4.04. The third-order valence-corrected chi connectivity index (χ3v) is 2.14. The summed E-state index contributed by atoms with van der Waals surface area (Å²) in [6.07, 6.45) is 0.940. The molecule has 2 heteroatoms. The van der Waals surface area contributed by atoms with Gasteiger partial charge < -0.3 is 0 Å². The topological polar surface area (TPSA) is 17.1 Å². The molecule has 0 aromatic heterocycles. The lowest BCUT2D eigenvalue weighted by atomic mass is 10.1. The van der Waals surface area contributed by atoms with Crippen LogP contribution in [0.2, 0.25) is 0 Å². The number of ketones is 1. The Hall–Kier alpha value is 0.150. The Morgan fingerprint density at radius 1 is 1.56 bits per heavy atom. The maximum absolute atomic E-state index is 10.6. The third kappa shape index (κ3) is 4.64. The van der Waals surface area contributed by atoms with Crippen molar-refractivity contribution < 1.29 is 4.79 Å². The zero-order chi connectivity index (χ0) is 7.44. The normalized spacial score (nSPS) is 13.9. The summed E-state index contributed by atoms with van der Waals surface area (Å²) in [5, 5.41) is 0. The molecular weight excluding hydrogens is 180 g/mol. The first-order chi connectivity index (χ1) is 4.04. The van der Waals surface area contributed by atoms with Gasteiger partial charge in [-0.05, 0) is 19.3 Å². The molecular formula is C7H13BrO. The van der Waals surface area contributed by atoms with Crippen molar-refractivity contribution in [2.75, 3.05) is 0 Å². The van der Waals surface area contributed by atoms with Crippen LogP contribution in [-0.4, -0.2) is 10.6 Å². The minimum atomic E-state index is 0.0671. The first-order valence-electron chi connectivity index (χ1n) is 3.18. The van der Waals surface area contributed by atoms with Crippen molar-refractivity contribution in [2.24, 2.45) is 5.92 Å². The van der Waals surface area contributed by atoms with E-state index in [4.69, 9.17) is 0 Å². The molecule has 0 aliphatic heterocycles. The number of halogens is 1. The van der Waals surface area contributed by atoms with Crippen LogP contribution in [-0.2, 0) is 4.79 Å². The number of alkyl halides is 1. The summed E-state index contributed by atoms with van der Waals surface area (Å²) in [7, 11) is 0. The predicted molar refractivity (Wildman–Crippen MR) is 42.9 cm³/mol. The smallest absolute Gasteiger partial charge is 0.143 e. The van der Waals surface area contributed by atoms with Crippen LogP contribution in [0, 0.1) is 5.92 Å². The molecule has 54 valence electrons. The molecule has 0 heterocycles. The molecule has 0 N–H and O–H groups in total. The quantitative estimate of drug-likeness (QED) is 0.629. The highest BCUT2D eigenvalue weighted by Crippen LogP contribution is 2.12. The minimum Gasteiger partial charge on any atom is -0.299 e. The fourth-order valence-corrected chi connectivity index (χ4v) is 1.33. The van der Waals surface area contributed by atoms with Gasteiger partial charge in [-0.15, -0.1) is 0 Å². The lowest BCUT2D eigenvalue weighted by molar-refractivity contribution is -0.116. The highest BCUT2D eigenvalue weighted by Gasteiger charge is 2.10. The molecule has 0 spiro atoms. The Labute approximate surface area is 65.0 Å². The average molecular weight is 193 g/mol. The van der Waals surface area contributed by atoms with Gasteiger partial charge in [0.1, 0.15) is 5.78 Å². The van der Waals surface area contributed by atoms with Gasteiger partial charge in [-0.3, -0.25) is 4.79 Å². The molecule has 1 nitrogen and oxygen atoms in total. The number of carbonyl (C=O) groups excluding carboxylic acids is 1. The standard InChI is InChI=1S/C7H13BrO/c1-5(2)4-7(8)6(3)9/h5,7H,4H2,1-3H3. The van der Waals surface area contributed by atoms with E-state index >= 15 is 0 Å². The van der Waals surface area contributed by atoms with E-state index in [1.165, 1.54) is 0 Å². The molecule has 0 saturated carbocycles. The molecule has 0 fully saturated rings. The summed E-state index contributed by atoms with van der Waals surface area (Å²) >= 11 is 3.29. The van der Waals surface area contributed by atoms with Crippen LogP contribution in [0.5, 0.6) is 0 Å². The zero-order valence-electron chi connectivity index (χ0n) is 6.15. The van der Waals surface area contributed by atoms with Gasteiger partial charge in [-0.2, -0.15) is 0 Å². The van der Waals surface area contributed by atoms with Gasteiger partial charge >= 0.3 is 0 Å². The maximum Gasteiger partial charge on any atom is 0.143 e. The van der Waals surface area contributed by atoms with Crippen LogP contribution in [0.3, 0.4) is 0 Å². The highest BCUT2D eigenvalue weighted by atomic mass is 79.9. The van der Waals surface area contributed by atoms with E-state index in [9.17, 15) is 4.79 Å². The van der Waals surface area contributed by atoms with Gasteiger partial charge in [0.05, 0.1) is 4.83 Å². The van der Waals surface area contributed by atoms with Crippen LogP contribution in [0.25, 0.3) is 0 Å². The molecule has 0 radical (unpaired) electrons. The number of Topliss-reactive ketones (excluding diaryl/α,β-unsaturated/α-hetero) is 1. The first kappa shape index (κ1) is 9.15. The Morgan fingerprint density at radius 2 is 2.00 bits per heavy atom. The summed E-state index contributed by atoms with van der Waals surface area (Å²) in [4.78, 5) is 10.7. The van der Waals surface area contributed by atoms with Crippen LogP contribution < -0.4 is 0 Å². The summed E-state index contributed by atoms with van der Waals surface area (Å²) in [6, 6.07) is 0. The number of hydrogen-bond donors (Lipinski definition) is 0. The molecule has 1 atom stereocenters. The number of rotatable bonds is 3. The summed E-state index contributed by atoms with van der Waals surface area (Å²) in [5.74, 6) is 0.821. The van der Waals surface area contributed by atoms with Crippen molar-refractivity contribution in [2.45, 2.75) is 32.0 Å². The van der Waals surface area contributed by atoms with Gasteiger partial charge in [0.15, 0.2) is 0 Å². The van der Waals surface area contributed by atoms with E-state index in [1.54, 1.807) is 6.92 Å². The van der Waals surface area contributed by atoms with E-state index in [0.29, 0.717) is 5.92 Å². The third-order valence-electron chi connectivity index (χ3n) is 1.12. The lowest BCUT2D eigenvalue weighted by Gasteiger charge is -2.07. The fourth-order valence-electron chi connectivity index (χ4n) is 0.580. The molecule has 0 aromatic rings. The Kier molecular flexibility index (Phi) is 4.11. The predicted octanol–water partition coefficient (Wildman–Crippen LogP) is 2.39. The van der Waals surface area contributed by atoms with Gasteiger partial charge in [0, 0.05) is 0 Å². The zero-order valence-corrected chi connectivity index (χ0v) is 7.73. The largest absolute Gasteiger partial charge is 0.299 e. The van der Waals surface area contributed by atoms with Gasteiger partial charge in [-0.25, -0.2) is 0 Å². The monoisotopic (exact) mass is 192 g/mol. The Balaban J connectivity index is 3.50. The fraction of sp³-hybridized carbons (Fsp3) is 0.857. The van der Waals surface area contributed by atoms with Crippen LogP contribution >= 0.6 is 15.9 Å². The summed E-state index contributed by atoms with van der Waals surface area (Å²) in [6.45, 7) is 5.83. The van der Waals surface area contributed by atoms with Gasteiger partial charge in [0.2, 0.25) is 0 Å². The van der Waals surface area contributed by atoms with Crippen molar-refractivity contribution in [3.63, 3.8) is 0 Å². The van der Waals surface area contributed by atoms with Crippen molar-refractivity contribution in [1.82, 2.24) is 0 Å². The molecule has 9 heavy (non-hydrogen) atoms. The van der Waals surface area contributed by atoms with Crippen LogP contribution in [0.4, 0.5) is 0 Å². The summed E-state index contributed by atoms with van der Waals surface area (Å²) in [5.41, 5.74) is 0. The van der Waals surface area contributed by atoms with Crippen LogP contribution in [0.1, 0.15) is 27.2 Å². The Morgan fingerprint density at radius 3 is 2.11 bits per heavy atom. The molecule has 0 aliphatic carbocycles. The van der Waals surface area contributed by atoms with Gasteiger partial charge in [-0.1, -0.05) is 29.8 Å². The maximum atomic E-state index is 10.6.